The summed E-state index contributed by atoms with van der Waals surface area (Å²) in [4.78, 5) is 2.54. The van der Waals surface area contributed by atoms with Crippen molar-refractivity contribution in [3.05, 3.63) is 23.5 Å². The number of nitrogens with zero attached hydrogens (tertiary/aromatic N) is 1. The Morgan fingerprint density at radius 1 is 0.889 bits per heavy atom. The zero-order valence-corrected chi connectivity index (χ0v) is 9.52. The maximum Gasteiger partial charge on any atom is 0.253 e. The minimum Gasteiger partial charge on any atom is -0.377 e. The summed E-state index contributed by atoms with van der Waals surface area (Å²) >= 11 is 0. The molecule has 3 rings (SSSR count). The third-order valence-corrected chi connectivity index (χ3v) is 3.57. The molecule has 2 aliphatic rings. The second kappa shape index (κ2) is 4.10. The smallest absolute Gasteiger partial charge is 0.253 e. The van der Waals surface area contributed by atoms with E-state index in [0.717, 1.165) is 25.7 Å². The van der Waals surface area contributed by atoms with Crippen molar-refractivity contribution in [2.75, 3.05) is 5.32 Å². The van der Waals surface area contributed by atoms with Gasteiger partial charge in [-0.3, -0.25) is 0 Å². The molecule has 1 N–H and O–H groups in total. The monoisotopic (exact) mass is 260 g/mol. The van der Waals surface area contributed by atoms with Crippen molar-refractivity contribution in [1.29, 1.82) is 0 Å². The Hall–Kier alpha value is -1.33. The van der Waals surface area contributed by atoms with Gasteiger partial charge in [0.05, 0.1) is 0 Å². The molecule has 0 amide bonds. The van der Waals surface area contributed by atoms with Gasteiger partial charge in [0.1, 0.15) is 5.69 Å². The van der Waals surface area contributed by atoms with Gasteiger partial charge < -0.3 is 5.32 Å². The highest BCUT2D eigenvalue weighted by molar-refractivity contribution is 5.47. The second-order valence-electron chi connectivity index (χ2n) is 5.04. The van der Waals surface area contributed by atoms with E-state index in [2.05, 4.69) is 10.3 Å². The largest absolute Gasteiger partial charge is 0.377 e. The molecule has 0 saturated heterocycles. The number of halogens is 4. The topological polar surface area (TPSA) is 24.9 Å². The summed E-state index contributed by atoms with van der Waals surface area (Å²) < 4.78 is 52.9. The highest BCUT2D eigenvalue weighted by Gasteiger charge is 2.42. The van der Waals surface area contributed by atoms with Gasteiger partial charge in [-0.1, -0.05) is 0 Å². The van der Waals surface area contributed by atoms with Gasteiger partial charge in [0, 0.05) is 6.04 Å². The lowest BCUT2D eigenvalue weighted by molar-refractivity contribution is 0.407. The molecular formula is C12H12F4N2. The quantitative estimate of drug-likeness (QED) is 0.664. The van der Waals surface area contributed by atoms with E-state index in [1.807, 2.05) is 0 Å². The molecule has 2 saturated carbocycles. The van der Waals surface area contributed by atoms with Crippen molar-refractivity contribution in [3.8, 4) is 0 Å². The summed E-state index contributed by atoms with van der Waals surface area (Å²) in [5.41, 5.74) is -0.719. The fourth-order valence-corrected chi connectivity index (χ4v) is 2.31. The summed E-state index contributed by atoms with van der Waals surface area (Å²) in [5, 5.41) is 2.65. The molecule has 0 spiro atoms. The lowest BCUT2D eigenvalue weighted by Crippen LogP contribution is -2.26. The average molecular weight is 260 g/mol. The zero-order chi connectivity index (χ0) is 12.9. The first kappa shape index (κ1) is 11.7. The first-order valence-corrected chi connectivity index (χ1v) is 6.04. The van der Waals surface area contributed by atoms with Crippen molar-refractivity contribution >= 4 is 5.69 Å². The molecule has 0 atom stereocenters. The predicted octanol–water partition coefficient (Wildman–Crippen LogP) is 3.24. The van der Waals surface area contributed by atoms with E-state index in [4.69, 9.17) is 0 Å². The predicted molar refractivity (Wildman–Crippen MR) is 56.9 cm³/mol. The van der Waals surface area contributed by atoms with Crippen LogP contribution in [0.15, 0.2) is 0 Å². The summed E-state index contributed by atoms with van der Waals surface area (Å²) in [6.45, 7) is 0. The van der Waals surface area contributed by atoms with E-state index in [1.165, 1.54) is 0 Å². The summed E-state index contributed by atoms with van der Waals surface area (Å²) in [6.07, 6.45) is 3.97. The van der Waals surface area contributed by atoms with Crippen LogP contribution in [-0.4, -0.2) is 11.0 Å². The van der Waals surface area contributed by atoms with Crippen molar-refractivity contribution < 1.29 is 17.6 Å². The first-order valence-electron chi connectivity index (χ1n) is 6.04. The molecule has 0 aromatic carbocycles. The van der Waals surface area contributed by atoms with Crippen LogP contribution in [0, 0.1) is 35.4 Å². The van der Waals surface area contributed by atoms with E-state index in [9.17, 15) is 17.6 Å². The van der Waals surface area contributed by atoms with E-state index in [-0.39, 0.29) is 6.04 Å². The fraction of sp³-hybridized carbons (Fsp3) is 0.583. The fourth-order valence-electron chi connectivity index (χ4n) is 2.31. The number of anilines is 1. The Labute approximate surface area is 101 Å². The Kier molecular flexibility index (Phi) is 2.68. The number of nitrogens with one attached hydrogen (secondary N) is 1. The average Bonchev–Trinajstić information content (AvgIpc) is 3.18. The Balaban J connectivity index is 1.90. The standard InChI is InChI=1S/C12H12F4N2/c13-7-10(8(14)12(16)18-11(7)15)17-9(5-1-2-5)6-3-4-6/h5-6,9H,1-4H2,(H,17,18). The summed E-state index contributed by atoms with van der Waals surface area (Å²) in [7, 11) is 0. The number of hydrogen-bond acceptors (Lipinski definition) is 2. The van der Waals surface area contributed by atoms with E-state index in [0.29, 0.717) is 11.8 Å². The van der Waals surface area contributed by atoms with Gasteiger partial charge >= 0.3 is 0 Å². The Morgan fingerprint density at radius 2 is 1.33 bits per heavy atom. The SMILES string of the molecule is Fc1nc(F)c(F)c(NC(C2CC2)C2CC2)c1F. The van der Waals surface area contributed by atoms with Gasteiger partial charge in [0.15, 0.2) is 0 Å². The van der Waals surface area contributed by atoms with Crippen LogP contribution in [0.3, 0.4) is 0 Å². The summed E-state index contributed by atoms with van der Waals surface area (Å²) in [5.74, 6) is -5.39. The normalized spacial score (nSPS) is 19.4. The molecule has 98 valence electrons. The lowest BCUT2D eigenvalue weighted by Gasteiger charge is -2.19. The van der Waals surface area contributed by atoms with Gasteiger partial charge in [-0.25, -0.2) is 0 Å². The van der Waals surface area contributed by atoms with Gasteiger partial charge in [-0.05, 0) is 37.5 Å². The zero-order valence-electron chi connectivity index (χ0n) is 9.52. The molecule has 2 nitrogen and oxygen atoms in total. The summed E-state index contributed by atoms with van der Waals surface area (Å²) in [6, 6.07) is -0.0878. The van der Waals surface area contributed by atoms with Crippen LogP contribution < -0.4 is 5.32 Å². The molecule has 0 bridgehead atoms. The molecular weight excluding hydrogens is 248 g/mol. The number of aromatic nitrogens is 1. The molecule has 0 aliphatic heterocycles. The van der Waals surface area contributed by atoms with Crippen molar-refractivity contribution in [3.63, 3.8) is 0 Å². The number of pyridine rings is 1. The van der Waals surface area contributed by atoms with Crippen LogP contribution in [0.25, 0.3) is 0 Å². The molecule has 1 aromatic rings. The van der Waals surface area contributed by atoms with Crippen LogP contribution in [0.5, 0.6) is 0 Å². The molecule has 1 aromatic heterocycles. The molecule has 2 aliphatic carbocycles. The number of rotatable bonds is 4. The molecule has 1 heterocycles. The second-order valence-corrected chi connectivity index (χ2v) is 5.04. The van der Waals surface area contributed by atoms with Crippen molar-refractivity contribution in [2.24, 2.45) is 11.8 Å². The minimum atomic E-state index is -1.61. The maximum absolute atomic E-state index is 13.5. The molecule has 0 radical (unpaired) electrons. The van der Waals surface area contributed by atoms with Gasteiger partial charge in [-0.15, -0.1) is 0 Å². The van der Waals surface area contributed by atoms with E-state index in [1.54, 1.807) is 0 Å². The van der Waals surface area contributed by atoms with E-state index < -0.39 is 29.2 Å². The maximum atomic E-state index is 13.5. The van der Waals surface area contributed by atoms with Crippen molar-refractivity contribution in [1.82, 2.24) is 4.98 Å². The van der Waals surface area contributed by atoms with Crippen molar-refractivity contribution in [2.45, 2.75) is 31.7 Å². The van der Waals surface area contributed by atoms with Gasteiger partial charge in [-0.2, -0.15) is 22.5 Å². The molecule has 0 unspecified atom stereocenters. The van der Waals surface area contributed by atoms with Crippen LogP contribution in [0.1, 0.15) is 25.7 Å². The van der Waals surface area contributed by atoms with Gasteiger partial charge in [0.25, 0.3) is 11.9 Å². The Bertz CT molecular complexity index is 445. The molecule has 18 heavy (non-hydrogen) atoms. The highest BCUT2D eigenvalue weighted by Crippen LogP contribution is 2.46. The Morgan fingerprint density at radius 3 is 1.72 bits per heavy atom. The minimum absolute atomic E-state index is 0.0878. The van der Waals surface area contributed by atoms with Crippen LogP contribution in [0.4, 0.5) is 23.2 Å². The third kappa shape index (κ3) is 2.04. The van der Waals surface area contributed by atoms with Crippen LogP contribution >= 0.6 is 0 Å². The number of hydrogen-bond donors (Lipinski definition) is 1. The van der Waals surface area contributed by atoms with Crippen LogP contribution in [0.2, 0.25) is 0 Å². The van der Waals surface area contributed by atoms with Gasteiger partial charge in [0.2, 0.25) is 11.6 Å². The lowest BCUT2D eigenvalue weighted by atomic mass is 10.1. The highest BCUT2D eigenvalue weighted by atomic mass is 19.2. The van der Waals surface area contributed by atoms with E-state index >= 15 is 0 Å². The molecule has 6 heteroatoms. The first-order chi connectivity index (χ1) is 8.58. The third-order valence-electron chi connectivity index (χ3n) is 3.57. The van der Waals surface area contributed by atoms with Crippen LogP contribution in [-0.2, 0) is 0 Å². The molecule has 2 fully saturated rings.